The maximum atomic E-state index is 10.8. The third-order valence-electron chi connectivity index (χ3n) is 4.66. The van der Waals surface area contributed by atoms with Crippen LogP contribution in [0.5, 0.6) is 11.5 Å². The number of hydrogen-bond donors (Lipinski definition) is 2. The first-order chi connectivity index (χ1) is 11.3. The molecule has 0 aliphatic carbocycles. The average molecular weight is 388 g/mol. The van der Waals surface area contributed by atoms with Gasteiger partial charge in [-0.05, 0) is 46.9 Å². The molecule has 0 unspecified atom stereocenters. The molecule has 3 heteroatoms. The van der Waals surface area contributed by atoms with Gasteiger partial charge in [0.05, 0.1) is 0 Å². The second kappa shape index (κ2) is 7.78. The number of phenolic OH excluding ortho intramolecular Hbond substituents is 2. The minimum Gasteiger partial charge on any atom is -0.507 e. The molecule has 2 N–H and O–H groups in total. The summed E-state index contributed by atoms with van der Waals surface area (Å²) in [4.78, 5) is 0. The van der Waals surface area contributed by atoms with E-state index in [1.807, 2.05) is 12.1 Å². The van der Waals surface area contributed by atoms with Crippen LogP contribution in [-0.4, -0.2) is 10.2 Å². The summed E-state index contributed by atoms with van der Waals surface area (Å²) < 4.78 is 0. The zero-order valence-electron chi connectivity index (χ0n) is 17.4. The Balaban J connectivity index is 0.00000338. The van der Waals surface area contributed by atoms with Crippen LogP contribution in [0.1, 0.15) is 74.9 Å². The van der Waals surface area contributed by atoms with E-state index < -0.39 is 0 Å². The topological polar surface area (TPSA) is 40.5 Å². The van der Waals surface area contributed by atoms with Crippen molar-refractivity contribution < 1.29 is 31.9 Å². The van der Waals surface area contributed by atoms with Gasteiger partial charge in [0.2, 0.25) is 0 Å². The van der Waals surface area contributed by atoms with Crippen molar-refractivity contribution >= 4 is 0 Å². The molecule has 2 rings (SSSR count). The van der Waals surface area contributed by atoms with Gasteiger partial charge in [0.25, 0.3) is 0 Å². The molecule has 26 heavy (non-hydrogen) atoms. The zero-order valence-corrected chi connectivity index (χ0v) is 19.0. The largest absolute Gasteiger partial charge is 0.507 e. The molecule has 0 amide bonds. The molecule has 0 atom stereocenters. The number of phenols is 2. The second-order valence-corrected chi connectivity index (χ2v) is 9.32. The summed E-state index contributed by atoms with van der Waals surface area (Å²) >= 11 is 0. The summed E-state index contributed by atoms with van der Waals surface area (Å²) in [5.74, 6) is 0.688. The predicted octanol–water partition coefficient (Wildman–Crippen LogP) is 5.90. The van der Waals surface area contributed by atoms with Crippen molar-refractivity contribution in [3.8, 4) is 11.5 Å². The Labute approximate surface area is 173 Å². The van der Waals surface area contributed by atoms with Crippen molar-refractivity contribution in [2.24, 2.45) is 0 Å². The molecule has 0 spiro atoms. The van der Waals surface area contributed by atoms with Crippen LogP contribution in [0.15, 0.2) is 24.3 Å². The monoisotopic (exact) mass is 388 g/mol. The Hall–Kier alpha value is -1.25. The van der Waals surface area contributed by atoms with Crippen molar-refractivity contribution in [1.29, 1.82) is 0 Å². The molecule has 0 aliphatic heterocycles. The number of aromatic hydroxyl groups is 2. The third-order valence-corrected chi connectivity index (χ3v) is 4.66. The van der Waals surface area contributed by atoms with Crippen molar-refractivity contribution in [1.82, 2.24) is 0 Å². The van der Waals surface area contributed by atoms with Crippen LogP contribution in [0, 0.1) is 13.8 Å². The van der Waals surface area contributed by atoms with E-state index in [1.54, 1.807) is 0 Å². The Kier molecular flexibility index (Phi) is 6.82. The van der Waals surface area contributed by atoms with Crippen LogP contribution < -0.4 is 0 Å². The quantitative estimate of drug-likeness (QED) is 0.629. The fourth-order valence-corrected chi connectivity index (χ4v) is 3.33. The predicted molar refractivity (Wildman–Crippen MR) is 106 cm³/mol. The summed E-state index contributed by atoms with van der Waals surface area (Å²) in [6, 6.07) is 8.14. The molecule has 2 aromatic carbocycles. The molecule has 140 valence electrons. The molecular weight excluding hydrogens is 356 g/mol. The Morgan fingerprint density at radius 2 is 0.962 bits per heavy atom. The Bertz CT molecular complexity index is 726. The van der Waals surface area contributed by atoms with Gasteiger partial charge in [0, 0.05) is 28.1 Å². The van der Waals surface area contributed by atoms with E-state index in [1.165, 1.54) is 0 Å². The van der Waals surface area contributed by atoms with E-state index in [4.69, 9.17) is 0 Å². The Morgan fingerprint density at radius 1 is 0.654 bits per heavy atom. The molecule has 2 nitrogen and oxygen atoms in total. The minimum absolute atomic E-state index is 0. The van der Waals surface area contributed by atoms with Gasteiger partial charge in [-0.2, -0.15) is 0 Å². The van der Waals surface area contributed by atoms with Gasteiger partial charge < -0.3 is 10.2 Å². The van der Waals surface area contributed by atoms with Crippen LogP contribution in [0.3, 0.4) is 0 Å². The van der Waals surface area contributed by atoms with Crippen molar-refractivity contribution in [3.05, 3.63) is 57.6 Å². The molecule has 0 heterocycles. The normalized spacial score (nSPS) is 12.0. The van der Waals surface area contributed by atoms with Crippen molar-refractivity contribution in [2.45, 2.75) is 72.6 Å². The number of rotatable bonds is 2. The molecular formula is C23H32O2Ti. The molecule has 0 bridgehead atoms. The number of hydrogen-bond acceptors (Lipinski definition) is 2. The molecule has 2 aromatic rings. The van der Waals surface area contributed by atoms with Gasteiger partial charge in [-0.25, -0.2) is 0 Å². The van der Waals surface area contributed by atoms with Gasteiger partial charge in [0.15, 0.2) is 0 Å². The second-order valence-electron chi connectivity index (χ2n) is 9.32. The molecule has 0 saturated heterocycles. The number of benzene rings is 2. The van der Waals surface area contributed by atoms with E-state index in [-0.39, 0.29) is 32.5 Å². The smallest absolute Gasteiger partial charge is 0.122 e. The molecule has 0 saturated carbocycles. The first-order valence-electron chi connectivity index (χ1n) is 8.96. The SMILES string of the molecule is Cc1cc(Cc2cc(C)cc(C(C)(C)C)c2O)c(O)c(C(C)(C)C)c1.[Ti]. The zero-order chi connectivity index (χ0) is 19.2. The summed E-state index contributed by atoms with van der Waals surface area (Å²) in [6.07, 6.45) is 0.521. The summed E-state index contributed by atoms with van der Waals surface area (Å²) in [5, 5.41) is 21.6. The van der Waals surface area contributed by atoms with E-state index in [9.17, 15) is 10.2 Å². The Morgan fingerprint density at radius 3 is 1.23 bits per heavy atom. The number of aryl methyl sites for hydroxylation is 2. The van der Waals surface area contributed by atoms with Crippen molar-refractivity contribution in [3.63, 3.8) is 0 Å². The summed E-state index contributed by atoms with van der Waals surface area (Å²) in [5.41, 5.74) is 5.63. The van der Waals surface area contributed by atoms with E-state index in [0.717, 1.165) is 33.4 Å². The average Bonchev–Trinajstić information content (AvgIpc) is 2.43. The first kappa shape index (κ1) is 22.8. The van der Waals surface area contributed by atoms with Gasteiger partial charge in [-0.15, -0.1) is 0 Å². The molecule has 0 aromatic heterocycles. The summed E-state index contributed by atoms with van der Waals surface area (Å²) in [7, 11) is 0. The van der Waals surface area contributed by atoms with Crippen LogP contribution in [0.4, 0.5) is 0 Å². The van der Waals surface area contributed by atoms with Crippen LogP contribution in [0.25, 0.3) is 0 Å². The van der Waals surface area contributed by atoms with Gasteiger partial charge in [-0.1, -0.05) is 76.9 Å². The first-order valence-corrected chi connectivity index (χ1v) is 8.96. The van der Waals surface area contributed by atoms with Crippen LogP contribution >= 0.6 is 0 Å². The maximum absolute atomic E-state index is 10.8. The van der Waals surface area contributed by atoms with E-state index >= 15 is 0 Å². The maximum Gasteiger partial charge on any atom is 0.122 e. The fraction of sp³-hybridized carbons (Fsp3) is 0.478. The minimum atomic E-state index is -0.129. The van der Waals surface area contributed by atoms with Crippen LogP contribution in [-0.2, 0) is 39.0 Å². The van der Waals surface area contributed by atoms with Crippen molar-refractivity contribution in [2.75, 3.05) is 0 Å². The molecule has 0 radical (unpaired) electrons. The molecule has 0 aliphatic rings. The van der Waals surface area contributed by atoms with Gasteiger partial charge >= 0.3 is 0 Å². The van der Waals surface area contributed by atoms with Crippen LogP contribution in [0.2, 0.25) is 0 Å². The van der Waals surface area contributed by atoms with Gasteiger partial charge in [0.1, 0.15) is 11.5 Å². The van der Waals surface area contributed by atoms with E-state index in [0.29, 0.717) is 17.9 Å². The third kappa shape index (κ3) is 4.93. The standard InChI is InChI=1S/C23H32O2.Ti/c1-14-9-16(20(24)18(11-14)22(3,4)5)13-17-10-15(2)12-19(21(17)25)23(6,7)8;/h9-12,24-25H,13H2,1-8H3;. The fourth-order valence-electron chi connectivity index (χ4n) is 3.33. The summed E-state index contributed by atoms with van der Waals surface area (Å²) in [6.45, 7) is 16.7. The van der Waals surface area contributed by atoms with E-state index in [2.05, 4.69) is 67.5 Å². The molecule has 0 fully saturated rings. The van der Waals surface area contributed by atoms with Gasteiger partial charge in [-0.3, -0.25) is 0 Å².